The molecule has 0 amide bonds. The van der Waals surface area contributed by atoms with E-state index in [4.69, 9.17) is 9.97 Å². The summed E-state index contributed by atoms with van der Waals surface area (Å²) in [4.78, 5) is 11.2. The zero-order valence-corrected chi connectivity index (χ0v) is 51.0. The number of nitrogens with zero attached hydrogens (tertiary/aromatic N) is 5. The third-order valence-corrected chi connectivity index (χ3v) is 18.4. The molecule has 0 spiro atoms. The predicted octanol–water partition coefficient (Wildman–Crippen LogP) is 22.7. The second kappa shape index (κ2) is 21.6. The van der Waals surface area contributed by atoms with Crippen LogP contribution < -0.4 is 0 Å². The molecule has 0 aliphatic carbocycles. The Morgan fingerprint density at radius 3 is 0.846 bits per heavy atom. The minimum atomic E-state index is 0.878. The fourth-order valence-corrected chi connectivity index (χ4v) is 14.2. The molecule has 12 aromatic carbocycles. The Kier molecular flexibility index (Phi) is 12.7. The van der Waals surface area contributed by atoms with Crippen molar-refractivity contribution in [2.75, 3.05) is 0 Å². The fourth-order valence-electron chi connectivity index (χ4n) is 14.2. The highest BCUT2D eigenvalue weighted by molar-refractivity contribution is 6.16. The van der Waals surface area contributed by atoms with Crippen LogP contribution in [0.15, 0.2) is 297 Å². The van der Waals surface area contributed by atoms with Gasteiger partial charge in [-0.05, 0) is 147 Å². The van der Waals surface area contributed by atoms with Gasteiger partial charge >= 0.3 is 0 Å². The Morgan fingerprint density at radius 1 is 0.198 bits per heavy atom. The lowest BCUT2D eigenvalue weighted by Crippen LogP contribution is -2.13. The Morgan fingerprint density at radius 2 is 0.484 bits per heavy atom. The molecule has 0 aliphatic rings. The fraction of sp³-hybridized carbons (Fsp3) is 0.0465. The molecule has 17 rings (SSSR count). The summed E-state index contributed by atoms with van der Waals surface area (Å²) in [6.45, 7) is 8.85. The van der Waals surface area contributed by atoms with Gasteiger partial charge in [-0.1, -0.05) is 222 Å². The number of aromatic nitrogens is 5. The minimum absolute atomic E-state index is 0.878. The molecule has 0 saturated heterocycles. The minimum Gasteiger partial charge on any atom is -0.306 e. The lowest BCUT2D eigenvalue weighted by Gasteiger charge is -2.28. The number of fused-ring (bicyclic) bond motifs is 9. The van der Waals surface area contributed by atoms with Crippen LogP contribution in [0.1, 0.15) is 22.3 Å². The van der Waals surface area contributed by atoms with Gasteiger partial charge < -0.3 is 13.7 Å². The van der Waals surface area contributed by atoms with E-state index >= 15 is 0 Å². The number of rotatable bonds is 10. The molecule has 5 nitrogen and oxygen atoms in total. The van der Waals surface area contributed by atoms with Crippen molar-refractivity contribution in [3.8, 4) is 95.5 Å². The number of pyridine rings is 2. The molecule has 0 bridgehead atoms. The summed E-state index contributed by atoms with van der Waals surface area (Å²) >= 11 is 0. The second-order valence-corrected chi connectivity index (χ2v) is 24.4. The first kappa shape index (κ1) is 53.6. The van der Waals surface area contributed by atoms with Crippen molar-refractivity contribution < 1.29 is 0 Å². The second-order valence-electron chi connectivity index (χ2n) is 24.4. The van der Waals surface area contributed by atoms with E-state index in [0.717, 1.165) is 134 Å². The van der Waals surface area contributed by atoms with Crippen LogP contribution in [-0.2, 0) is 0 Å². The summed E-state index contributed by atoms with van der Waals surface area (Å²) in [5, 5.41) is 7.08. The molecule has 0 fully saturated rings. The van der Waals surface area contributed by atoms with Crippen LogP contribution in [0.3, 0.4) is 0 Å². The largest absolute Gasteiger partial charge is 0.306 e. The van der Waals surface area contributed by atoms with Gasteiger partial charge in [0.15, 0.2) is 0 Å². The molecule has 0 radical (unpaired) electrons. The molecule has 0 atom stereocenters. The molecule has 17 aromatic rings. The van der Waals surface area contributed by atoms with Crippen LogP contribution in [0.4, 0.5) is 0 Å². The van der Waals surface area contributed by atoms with Crippen molar-refractivity contribution in [3.05, 3.63) is 320 Å². The van der Waals surface area contributed by atoms with Gasteiger partial charge in [0, 0.05) is 65.7 Å². The first-order valence-electron chi connectivity index (χ1n) is 31.4. The third kappa shape index (κ3) is 9.07. The number of aryl methyl sites for hydroxylation is 4. The summed E-state index contributed by atoms with van der Waals surface area (Å²) in [5.74, 6) is 0. The van der Waals surface area contributed by atoms with Gasteiger partial charge in [0.2, 0.25) is 0 Å². The van der Waals surface area contributed by atoms with E-state index in [2.05, 4.69) is 339 Å². The van der Waals surface area contributed by atoms with Crippen LogP contribution >= 0.6 is 0 Å². The highest BCUT2D eigenvalue weighted by atomic mass is 15.1. The average Bonchev–Trinajstić information content (AvgIpc) is 1.64. The zero-order valence-electron chi connectivity index (χ0n) is 51.0. The van der Waals surface area contributed by atoms with Gasteiger partial charge in [0.05, 0.1) is 72.9 Å². The van der Waals surface area contributed by atoms with Crippen molar-refractivity contribution in [2.45, 2.75) is 27.7 Å². The van der Waals surface area contributed by atoms with Gasteiger partial charge in [0.1, 0.15) is 0 Å². The molecular formula is C86H61N5. The van der Waals surface area contributed by atoms with Gasteiger partial charge in [-0.2, -0.15) is 0 Å². The Hall–Kier alpha value is -11.7. The van der Waals surface area contributed by atoms with Crippen LogP contribution in [0.5, 0.6) is 0 Å². The SMILES string of the molecule is Cc1ccc2c(c1)c1cc(C)ccc1n2-c1c(-c2cc(-c3ccccc3)nc(-c3ccccc3)c2)cc(-c2cc(-c3ccccc3)nc(-c3ccccc3)c2)c(-n2c3ccc(C)cc3c3cc(C)ccc32)c1-n1c2ccccc2c2cc(-c3ccccc3)ccc21. The average molecular weight is 1160 g/mol. The summed E-state index contributed by atoms with van der Waals surface area (Å²) < 4.78 is 7.82. The molecule has 0 N–H and O–H groups in total. The summed E-state index contributed by atoms with van der Waals surface area (Å²) in [6, 6.07) is 110. The highest BCUT2D eigenvalue weighted by Crippen LogP contribution is 2.52. The first-order chi connectivity index (χ1) is 44.8. The lowest BCUT2D eigenvalue weighted by molar-refractivity contribution is 1.05. The summed E-state index contributed by atoms with van der Waals surface area (Å²) in [6.07, 6.45) is 0. The van der Waals surface area contributed by atoms with Gasteiger partial charge in [-0.15, -0.1) is 0 Å². The standard InChI is InChI=1S/C86H61N5/c1-54-34-39-79-69(44-54)70-45-55(2)35-40-80(70)89(79)84-67(64-49-74(59-24-12-6-13-25-59)87-75(50-64)60-26-14-7-15-27-60)53-68(65-51-76(61-28-16-8-17-29-61)88-77(52-65)62-30-18-9-19-31-62)85(90-81-41-36-56(3)46-71(81)72-47-57(4)37-42-82(72)90)86(84)91-78-33-21-20-32-66(78)73-48-63(38-43-83(73)91)58-22-10-5-11-23-58/h5-53H,1-4H3. The van der Waals surface area contributed by atoms with Crippen LogP contribution in [0.25, 0.3) is 161 Å². The number of hydrogen-bond donors (Lipinski definition) is 0. The quantitative estimate of drug-likeness (QED) is 0.137. The summed E-state index contributed by atoms with van der Waals surface area (Å²) in [7, 11) is 0. The molecule has 0 unspecified atom stereocenters. The van der Waals surface area contributed by atoms with Crippen LogP contribution in [-0.4, -0.2) is 23.7 Å². The number of para-hydroxylation sites is 1. The smallest absolute Gasteiger partial charge is 0.0959 e. The Bertz CT molecular complexity index is 5210. The summed E-state index contributed by atoms with van der Waals surface area (Å²) in [5.41, 5.74) is 28.5. The van der Waals surface area contributed by atoms with E-state index < -0.39 is 0 Å². The van der Waals surface area contributed by atoms with Crippen LogP contribution in [0.2, 0.25) is 0 Å². The van der Waals surface area contributed by atoms with E-state index in [1.165, 1.54) is 49.4 Å². The Labute approximate surface area is 528 Å². The number of benzene rings is 12. The van der Waals surface area contributed by atoms with E-state index in [1.807, 2.05) is 0 Å². The lowest BCUT2D eigenvalue weighted by atomic mass is 9.90. The predicted molar refractivity (Wildman–Crippen MR) is 382 cm³/mol. The number of hydrogen-bond acceptors (Lipinski definition) is 2. The van der Waals surface area contributed by atoms with E-state index in [0.29, 0.717) is 0 Å². The maximum Gasteiger partial charge on any atom is 0.0959 e. The molecular weight excluding hydrogens is 1100 g/mol. The molecule has 5 heterocycles. The zero-order chi connectivity index (χ0) is 60.8. The first-order valence-corrected chi connectivity index (χ1v) is 31.4. The van der Waals surface area contributed by atoms with Crippen molar-refractivity contribution in [3.63, 3.8) is 0 Å². The molecule has 0 aliphatic heterocycles. The van der Waals surface area contributed by atoms with Crippen molar-refractivity contribution in [2.24, 2.45) is 0 Å². The van der Waals surface area contributed by atoms with E-state index in [-0.39, 0.29) is 0 Å². The third-order valence-electron chi connectivity index (χ3n) is 18.4. The molecule has 5 heteroatoms. The Balaban J connectivity index is 1.17. The molecule has 0 saturated carbocycles. The van der Waals surface area contributed by atoms with Crippen molar-refractivity contribution in [1.82, 2.24) is 23.7 Å². The molecule has 5 aromatic heterocycles. The molecule has 91 heavy (non-hydrogen) atoms. The van der Waals surface area contributed by atoms with Gasteiger partial charge in [0.25, 0.3) is 0 Å². The molecule has 430 valence electrons. The van der Waals surface area contributed by atoms with Gasteiger partial charge in [-0.25, -0.2) is 9.97 Å². The van der Waals surface area contributed by atoms with Gasteiger partial charge in [-0.3, -0.25) is 0 Å². The highest BCUT2D eigenvalue weighted by Gasteiger charge is 2.32. The topological polar surface area (TPSA) is 40.6 Å². The monoisotopic (exact) mass is 1160 g/mol. The van der Waals surface area contributed by atoms with E-state index in [1.54, 1.807) is 0 Å². The van der Waals surface area contributed by atoms with Crippen molar-refractivity contribution >= 4 is 65.4 Å². The van der Waals surface area contributed by atoms with E-state index in [9.17, 15) is 0 Å². The van der Waals surface area contributed by atoms with Crippen molar-refractivity contribution in [1.29, 1.82) is 0 Å². The normalized spacial score (nSPS) is 11.7. The maximum absolute atomic E-state index is 5.59. The van der Waals surface area contributed by atoms with Crippen LogP contribution in [0, 0.1) is 27.7 Å². The maximum atomic E-state index is 5.59.